The lowest BCUT2D eigenvalue weighted by Gasteiger charge is -2.37. The number of H-pyrrole nitrogens is 1. The topological polar surface area (TPSA) is 37.5 Å². The normalized spacial score (nSPS) is 18.9. The molecule has 0 bridgehead atoms. The highest BCUT2D eigenvalue weighted by Gasteiger charge is 2.21. The summed E-state index contributed by atoms with van der Waals surface area (Å²) in [5, 5.41) is 5.76. The lowest BCUT2D eigenvalue weighted by molar-refractivity contribution is 0.108. The van der Waals surface area contributed by atoms with Crippen molar-refractivity contribution < 1.29 is 0 Å². The summed E-state index contributed by atoms with van der Waals surface area (Å²) in [7, 11) is 0. The number of benzene rings is 2. The van der Waals surface area contributed by atoms with Gasteiger partial charge in [-0.05, 0) is 68.7 Å². The second kappa shape index (κ2) is 10.7. The Hall–Kier alpha value is -2.05. The number of hydrogen-bond donors (Lipinski definition) is 2. The first-order valence-electron chi connectivity index (χ1n) is 12.9. The van der Waals surface area contributed by atoms with Crippen LogP contribution in [0.3, 0.4) is 0 Å². The average Bonchev–Trinajstić information content (AvgIpc) is 3.28. The molecule has 5 rings (SSSR count). The van der Waals surface area contributed by atoms with Crippen molar-refractivity contribution in [3.8, 4) is 11.3 Å². The van der Waals surface area contributed by atoms with Gasteiger partial charge in [0.15, 0.2) is 0 Å². The Labute approximate surface area is 209 Å². The first-order valence-corrected chi connectivity index (χ1v) is 13.3. The molecule has 34 heavy (non-hydrogen) atoms. The van der Waals surface area contributed by atoms with E-state index >= 15 is 0 Å². The maximum atomic E-state index is 6.17. The molecule has 3 aromatic rings. The molecule has 2 aliphatic heterocycles. The number of rotatable bonds is 7. The van der Waals surface area contributed by atoms with E-state index in [9.17, 15) is 0 Å². The minimum Gasteiger partial charge on any atom is -0.371 e. The Morgan fingerprint density at radius 1 is 0.971 bits per heavy atom. The van der Waals surface area contributed by atoms with Gasteiger partial charge in [0.05, 0.1) is 0 Å². The van der Waals surface area contributed by atoms with Crippen molar-refractivity contribution >= 4 is 28.2 Å². The van der Waals surface area contributed by atoms with E-state index in [4.69, 9.17) is 11.6 Å². The van der Waals surface area contributed by atoms with E-state index in [2.05, 4.69) is 69.2 Å². The van der Waals surface area contributed by atoms with Gasteiger partial charge in [0, 0.05) is 91.7 Å². The zero-order valence-electron chi connectivity index (χ0n) is 20.6. The molecular weight excluding hydrogens is 442 g/mol. The van der Waals surface area contributed by atoms with Crippen molar-refractivity contribution in [2.75, 3.05) is 57.3 Å². The number of halogens is 1. The first kappa shape index (κ1) is 23.7. The summed E-state index contributed by atoms with van der Waals surface area (Å²) in [5.74, 6) is 0. The standard InChI is InChI=1S/C28H38ClN5/c1-21(2)33-16-14-32(15-17-33)13-10-30-25-8-11-34(12-9-25)26-5-3-4-22(19-26)28-20-23-18-24(29)6-7-27(23)31-28/h3-7,18-21,25,30-31H,8-17H2,1-2H3. The van der Waals surface area contributed by atoms with Crippen LogP contribution in [0.4, 0.5) is 5.69 Å². The molecule has 2 N–H and O–H groups in total. The SMILES string of the molecule is CC(C)N1CCN(CCNC2CCN(c3cccc(-c4cc5cc(Cl)ccc5[nH]4)c3)CC2)CC1. The Morgan fingerprint density at radius 3 is 2.53 bits per heavy atom. The van der Waals surface area contributed by atoms with Gasteiger partial charge in [0.1, 0.15) is 0 Å². The van der Waals surface area contributed by atoms with Crippen molar-refractivity contribution in [1.29, 1.82) is 0 Å². The number of piperidine rings is 1. The van der Waals surface area contributed by atoms with Crippen LogP contribution in [0.25, 0.3) is 22.2 Å². The van der Waals surface area contributed by atoms with Gasteiger partial charge < -0.3 is 15.2 Å². The number of anilines is 1. The molecule has 2 aliphatic rings. The fraction of sp³-hybridized carbons (Fsp3) is 0.500. The molecule has 2 aromatic carbocycles. The smallest absolute Gasteiger partial charge is 0.0465 e. The molecule has 0 saturated carbocycles. The fourth-order valence-corrected chi connectivity index (χ4v) is 5.58. The third-order valence-corrected chi connectivity index (χ3v) is 7.83. The summed E-state index contributed by atoms with van der Waals surface area (Å²) in [4.78, 5) is 11.3. The number of fused-ring (bicyclic) bond motifs is 1. The number of nitrogens with zero attached hydrogens (tertiary/aromatic N) is 3. The summed E-state index contributed by atoms with van der Waals surface area (Å²) in [5.41, 5.74) is 4.81. The first-order chi connectivity index (χ1) is 16.5. The second-order valence-electron chi connectivity index (χ2n) is 10.2. The van der Waals surface area contributed by atoms with Gasteiger partial charge in [0.25, 0.3) is 0 Å². The molecule has 1 aromatic heterocycles. The van der Waals surface area contributed by atoms with E-state index in [1.807, 2.05) is 18.2 Å². The summed E-state index contributed by atoms with van der Waals surface area (Å²) in [6.07, 6.45) is 2.41. The van der Waals surface area contributed by atoms with Crippen LogP contribution in [0.5, 0.6) is 0 Å². The molecule has 182 valence electrons. The summed E-state index contributed by atoms with van der Waals surface area (Å²) in [6, 6.07) is 18.4. The molecule has 0 unspecified atom stereocenters. The van der Waals surface area contributed by atoms with Crippen molar-refractivity contribution in [2.45, 2.75) is 38.8 Å². The lowest BCUT2D eigenvalue weighted by atomic mass is 10.0. The van der Waals surface area contributed by atoms with Crippen LogP contribution in [0.1, 0.15) is 26.7 Å². The molecule has 5 nitrogen and oxygen atoms in total. The van der Waals surface area contributed by atoms with Gasteiger partial charge >= 0.3 is 0 Å². The second-order valence-corrected chi connectivity index (χ2v) is 10.6. The van der Waals surface area contributed by atoms with Gasteiger partial charge in [-0.25, -0.2) is 0 Å². The van der Waals surface area contributed by atoms with Crippen LogP contribution in [0.2, 0.25) is 5.02 Å². The maximum Gasteiger partial charge on any atom is 0.0465 e. The van der Waals surface area contributed by atoms with E-state index in [0.717, 1.165) is 41.3 Å². The fourth-order valence-electron chi connectivity index (χ4n) is 5.40. The number of hydrogen-bond acceptors (Lipinski definition) is 4. The largest absolute Gasteiger partial charge is 0.371 e. The molecule has 2 saturated heterocycles. The average molecular weight is 480 g/mol. The Morgan fingerprint density at radius 2 is 1.76 bits per heavy atom. The zero-order chi connectivity index (χ0) is 23.5. The third kappa shape index (κ3) is 5.60. The van der Waals surface area contributed by atoms with Crippen molar-refractivity contribution in [3.05, 3.63) is 53.6 Å². The van der Waals surface area contributed by atoms with Gasteiger partial charge in [-0.3, -0.25) is 9.80 Å². The Kier molecular flexibility index (Phi) is 7.45. The van der Waals surface area contributed by atoms with E-state index in [0.29, 0.717) is 12.1 Å². The summed E-state index contributed by atoms with van der Waals surface area (Å²) < 4.78 is 0. The highest BCUT2D eigenvalue weighted by atomic mass is 35.5. The van der Waals surface area contributed by atoms with Crippen LogP contribution < -0.4 is 10.2 Å². The monoisotopic (exact) mass is 479 g/mol. The Bertz CT molecular complexity index is 1080. The van der Waals surface area contributed by atoms with Gasteiger partial charge in [-0.15, -0.1) is 0 Å². The van der Waals surface area contributed by atoms with Crippen molar-refractivity contribution in [2.24, 2.45) is 0 Å². The summed E-state index contributed by atoms with van der Waals surface area (Å²) >= 11 is 6.17. The predicted molar refractivity (Wildman–Crippen MR) is 145 cm³/mol. The van der Waals surface area contributed by atoms with Gasteiger partial charge in [0.2, 0.25) is 0 Å². The van der Waals surface area contributed by atoms with Gasteiger partial charge in [-0.2, -0.15) is 0 Å². The van der Waals surface area contributed by atoms with E-state index in [-0.39, 0.29) is 0 Å². The van der Waals surface area contributed by atoms with Crippen LogP contribution >= 0.6 is 11.6 Å². The molecule has 0 atom stereocenters. The molecule has 0 amide bonds. The zero-order valence-corrected chi connectivity index (χ0v) is 21.3. The molecular formula is C28H38ClN5. The van der Waals surface area contributed by atoms with E-state index in [1.54, 1.807) is 0 Å². The molecule has 0 radical (unpaired) electrons. The summed E-state index contributed by atoms with van der Waals surface area (Å²) in [6.45, 7) is 13.9. The highest BCUT2D eigenvalue weighted by molar-refractivity contribution is 6.31. The Balaban J connectivity index is 1.10. The molecule has 0 spiro atoms. The number of nitrogens with one attached hydrogen (secondary N) is 2. The van der Waals surface area contributed by atoms with Gasteiger partial charge in [-0.1, -0.05) is 23.7 Å². The molecule has 0 aliphatic carbocycles. The highest BCUT2D eigenvalue weighted by Crippen LogP contribution is 2.29. The van der Waals surface area contributed by atoms with Crippen LogP contribution in [-0.4, -0.2) is 79.2 Å². The van der Waals surface area contributed by atoms with Crippen LogP contribution in [0.15, 0.2) is 48.5 Å². The molecule has 6 heteroatoms. The minimum absolute atomic E-state index is 0.634. The van der Waals surface area contributed by atoms with Crippen molar-refractivity contribution in [1.82, 2.24) is 20.1 Å². The number of aromatic amines is 1. The van der Waals surface area contributed by atoms with Crippen molar-refractivity contribution in [3.63, 3.8) is 0 Å². The van der Waals surface area contributed by atoms with E-state index in [1.165, 1.54) is 56.8 Å². The van der Waals surface area contributed by atoms with Crippen LogP contribution in [0, 0.1) is 0 Å². The van der Waals surface area contributed by atoms with E-state index < -0.39 is 0 Å². The number of piperazine rings is 1. The quantitative estimate of drug-likeness (QED) is 0.496. The minimum atomic E-state index is 0.634. The maximum absolute atomic E-state index is 6.17. The predicted octanol–water partition coefficient (Wildman–Crippen LogP) is 5.07. The third-order valence-electron chi connectivity index (χ3n) is 7.60. The molecule has 2 fully saturated rings. The molecule has 3 heterocycles. The number of aromatic nitrogens is 1. The van der Waals surface area contributed by atoms with Crippen LogP contribution in [-0.2, 0) is 0 Å². The lowest BCUT2D eigenvalue weighted by Crippen LogP contribution is -2.51.